The summed E-state index contributed by atoms with van der Waals surface area (Å²) in [6.07, 6.45) is 3.23. The lowest BCUT2D eigenvalue weighted by Gasteiger charge is -1.98. The van der Waals surface area contributed by atoms with Gasteiger partial charge in [0.05, 0.1) is 0 Å². The molecule has 2 nitrogen and oxygen atoms in total. The van der Waals surface area contributed by atoms with Crippen LogP contribution in [0.2, 0.25) is 0 Å². The maximum Gasteiger partial charge on any atom is 0.0218 e. The van der Waals surface area contributed by atoms with E-state index in [0.717, 1.165) is 6.42 Å². The van der Waals surface area contributed by atoms with E-state index in [1.807, 2.05) is 0 Å². The Kier molecular flexibility index (Phi) is 1.11. The molecule has 2 N–H and O–H groups in total. The van der Waals surface area contributed by atoms with Gasteiger partial charge in [0, 0.05) is 30.9 Å². The monoisotopic (exact) mass is 136 g/mol. The zero-order chi connectivity index (χ0) is 7.14. The third-order valence-corrected chi connectivity index (χ3v) is 2.20. The van der Waals surface area contributed by atoms with Gasteiger partial charge in [0.15, 0.2) is 0 Å². The average molecular weight is 136 g/mol. The van der Waals surface area contributed by atoms with E-state index < -0.39 is 0 Å². The minimum atomic E-state index is 0.425. The van der Waals surface area contributed by atoms with Crippen molar-refractivity contribution in [2.75, 3.05) is 0 Å². The number of aromatic nitrogens is 1. The van der Waals surface area contributed by atoms with Crippen LogP contribution in [-0.4, -0.2) is 10.6 Å². The maximum atomic E-state index is 5.71. The van der Waals surface area contributed by atoms with Crippen molar-refractivity contribution in [3.05, 3.63) is 24.0 Å². The average Bonchev–Trinajstić information content (AvgIpc) is 2.42. The van der Waals surface area contributed by atoms with Gasteiger partial charge >= 0.3 is 0 Å². The zero-order valence-corrected chi connectivity index (χ0v) is 6.12. The van der Waals surface area contributed by atoms with E-state index in [4.69, 9.17) is 5.73 Å². The lowest BCUT2D eigenvalue weighted by molar-refractivity contribution is 0.813. The first-order chi connectivity index (χ1) is 4.79. The van der Waals surface area contributed by atoms with Gasteiger partial charge in [-0.15, -0.1) is 0 Å². The smallest absolute Gasteiger partial charge is 0.0218 e. The van der Waals surface area contributed by atoms with Crippen LogP contribution in [0.1, 0.15) is 18.0 Å². The second-order valence-corrected chi connectivity index (χ2v) is 3.05. The minimum Gasteiger partial charge on any atom is -0.354 e. The van der Waals surface area contributed by atoms with E-state index in [1.165, 1.54) is 5.69 Å². The standard InChI is InChI=1S/C8H12N2/c1-10-4-2-3-8(10)6-5-7(6)9/h2-4,6-7H,5,9H2,1H3/t6-,7+/m0/s1. The first-order valence-corrected chi connectivity index (χ1v) is 3.66. The summed E-state index contributed by atoms with van der Waals surface area (Å²) < 4.78 is 2.15. The second kappa shape index (κ2) is 1.86. The lowest BCUT2D eigenvalue weighted by atomic mass is 10.3. The predicted molar refractivity (Wildman–Crippen MR) is 40.7 cm³/mol. The normalized spacial score (nSPS) is 30.6. The molecule has 1 heterocycles. The van der Waals surface area contributed by atoms with Crippen LogP contribution in [0.25, 0.3) is 0 Å². The van der Waals surface area contributed by atoms with Crippen molar-refractivity contribution in [3.63, 3.8) is 0 Å². The number of aryl methyl sites for hydroxylation is 1. The van der Waals surface area contributed by atoms with Gasteiger partial charge in [0.2, 0.25) is 0 Å². The molecule has 1 aromatic rings. The number of rotatable bonds is 1. The van der Waals surface area contributed by atoms with Crippen LogP contribution in [0.5, 0.6) is 0 Å². The summed E-state index contributed by atoms with van der Waals surface area (Å²) in [5.41, 5.74) is 7.10. The largest absolute Gasteiger partial charge is 0.354 e. The second-order valence-electron chi connectivity index (χ2n) is 3.05. The van der Waals surface area contributed by atoms with Gasteiger partial charge in [-0.05, 0) is 18.6 Å². The van der Waals surface area contributed by atoms with Gasteiger partial charge in [0.1, 0.15) is 0 Å². The van der Waals surface area contributed by atoms with Gasteiger partial charge in [0.25, 0.3) is 0 Å². The van der Waals surface area contributed by atoms with Crippen LogP contribution in [0.3, 0.4) is 0 Å². The topological polar surface area (TPSA) is 30.9 Å². The fraction of sp³-hybridized carbons (Fsp3) is 0.500. The first-order valence-electron chi connectivity index (χ1n) is 3.66. The van der Waals surface area contributed by atoms with Crippen molar-refractivity contribution in [1.82, 2.24) is 4.57 Å². The van der Waals surface area contributed by atoms with Gasteiger partial charge in [-0.1, -0.05) is 0 Å². The molecule has 2 atom stereocenters. The number of nitrogens with two attached hydrogens (primary N) is 1. The molecule has 0 aromatic carbocycles. The Hall–Kier alpha value is -0.760. The highest BCUT2D eigenvalue weighted by Gasteiger charge is 2.36. The maximum absolute atomic E-state index is 5.71. The van der Waals surface area contributed by atoms with Crippen LogP contribution in [-0.2, 0) is 7.05 Å². The van der Waals surface area contributed by atoms with Gasteiger partial charge < -0.3 is 10.3 Å². The Morgan fingerprint density at radius 3 is 2.80 bits per heavy atom. The quantitative estimate of drug-likeness (QED) is 0.609. The molecule has 0 saturated heterocycles. The fourth-order valence-corrected chi connectivity index (χ4v) is 1.41. The number of hydrogen-bond donors (Lipinski definition) is 1. The molecular weight excluding hydrogens is 124 g/mol. The summed E-state index contributed by atoms with van der Waals surface area (Å²) in [5, 5.41) is 0. The van der Waals surface area contributed by atoms with Crippen molar-refractivity contribution in [1.29, 1.82) is 0 Å². The van der Waals surface area contributed by atoms with Crippen LogP contribution >= 0.6 is 0 Å². The molecule has 0 radical (unpaired) electrons. The third kappa shape index (κ3) is 0.762. The molecule has 0 aliphatic heterocycles. The minimum absolute atomic E-state index is 0.425. The van der Waals surface area contributed by atoms with E-state index in [1.54, 1.807) is 0 Å². The van der Waals surface area contributed by atoms with Crippen LogP contribution in [0.4, 0.5) is 0 Å². The molecule has 2 heteroatoms. The zero-order valence-electron chi connectivity index (χ0n) is 6.12. The van der Waals surface area contributed by atoms with E-state index in [2.05, 4.69) is 29.9 Å². The van der Waals surface area contributed by atoms with E-state index in [-0.39, 0.29) is 0 Å². The highest BCUT2D eigenvalue weighted by Crippen LogP contribution is 2.38. The van der Waals surface area contributed by atoms with E-state index in [9.17, 15) is 0 Å². The Balaban J connectivity index is 2.26. The van der Waals surface area contributed by atoms with Gasteiger partial charge in [-0.3, -0.25) is 0 Å². The van der Waals surface area contributed by atoms with Gasteiger partial charge in [-0.2, -0.15) is 0 Å². The molecule has 54 valence electrons. The third-order valence-electron chi connectivity index (χ3n) is 2.20. The summed E-state index contributed by atoms with van der Waals surface area (Å²) in [5.74, 6) is 0.639. The molecule has 0 bridgehead atoms. The number of nitrogens with zero attached hydrogens (tertiary/aromatic N) is 1. The Morgan fingerprint density at radius 1 is 1.70 bits per heavy atom. The van der Waals surface area contributed by atoms with Gasteiger partial charge in [-0.25, -0.2) is 0 Å². The van der Waals surface area contributed by atoms with Crippen molar-refractivity contribution < 1.29 is 0 Å². The lowest BCUT2D eigenvalue weighted by Crippen LogP contribution is -2.03. The SMILES string of the molecule is Cn1cccc1[C@H]1C[C@H]1N. The Morgan fingerprint density at radius 2 is 2.40 bits per heavy atom. The van der Waals surface area contributed by atoms with Crippen LogP contribution in [0, 0.1) is 0 Å². The molecule has 1 aromatic heterocycles. The summed E-state index contributed by atoms with van der Waals surface area (Å²) in [4.78, 5) is 0. The van der Waals surface area contributed by atoms with E-state index in [0.29, 0.717) is 12.0 Å². The van der Waals surface area contributed by atoms with E-state index >= 15 is 0 Å². The summed E-state index contributed by atoms with van der Waals surface area (Å²) >= 11 is 0. The van der Waals surface area contributed by atoms with Crippen LogP contribution < -0.4 is 5.73 Å². The summed E-state index contributed by atoms with van der Waals surface area (Å²) in [6.45, 7) is 0. The molecule has 0 unspecified atom stereocenters. The summed E-state index contributed by atoms with van der Waals surface area (Å²) in [7, 11) is 2.07. The Bertz CT molecular complexity index is 239. The van der Waals surface area contributed by atoms with Crippen molar-refractivity contribution in [2.24, 2.45) is 12.8 Å². The van der Waals surface area contributed by atoms with Crippen molar-refractivity contribution in [3.8, 4) is 0 Å². The fourth-order valence-electron chi connectivity index (χ4n) is 1.41. The van der Waals surface area contributed by atoms with Crippen LogP contribution in [0.15, 0.2) is 18.3 Å². The molecule has 0 amide bonds. The molecule has 1 aliphatic carbocycles. The highest BCUT2D eigenvalue weighted by atomic mass is 15.0. The molecule has 1 aliphatic rings. The number of hydrogen-bond acceptors (Lipinski definition) is 1. The summed E-state index contributed by atoms with van der Waals surface area (Å²) in [6, 6.07) is 4.64. The predicted octanol–water partition coefficient (Wildman–Crippen LogP) is 0.840. The molecule has 10 heavy (non-hydrogen) atoms. The van der Waals surface area contributed by atoms with Crippen molar-refractivity contribution >= 4 is 0 Å². The van der Waals surface area contributed by atoms with Crippen molar-refractivity contribution in [2.45, 2.75) is 18.4 Å². The Labute approximate surface area is 60.6 Å². The molecule has 2 rings (SSSR count). The molecular formula is C8H12N2. The molecule has 1 fully saturated rings. The first kappa shape index (κ1) is 5.98. The highest BCUT2D eigenvalue weighted by molar-refractivity contribution is 5.21. The molecule has 1 saturated carbocycles. The molecule has 0 spiro atoms.